The van der Waals surface area contributed by atoms with E-state index in [-0.39, 0.29) is 23.2 Å². The fraction of sp³-hybridized carbons (Fsp3) is 0.464. The highest BCUT2D eigenvalue weighted by Gasteiger charge is 2.51. The SMILES string of the molecule is C#CC1CC[C@@H](CO[Si](c2ccccc2)(c2ccccc2)C(C)(C)C)N1C(=O)OC(C)(C)C. The van der Waals surface area contributed by atoms with Crippen LogP contribution >= 0.6 is 0 Å². The molecule has 1 aliphatic rings. The van der Waals surface area contributed by atoms with Crippen molar-refractivity contribution in [1.29, 1.82) is 0 Å². The predicted molar refractivity (Wildman–Crippen MR) is 137 cm³/mol. The lowest BCUT2D eigenvalue weighted by molar-refractivity contribution is 0.0141. The van der Waals surface area contributed by atoms with Crippen molar-refractivity contribution in [3.63, 3.8) is 0 Å². The quantitative estimate of drug-likeness (QED) is 0.464. The second-order valence-corrected chi connectivity index (χ2v) is 15.1. The lowest BCUT2D eigenvalue weighted by Gasteiger charge is -2.44. The van der Waals surface area contributed by atoms with Crippen LogP contribution in [0.3, 0.4) is 0 Å². The molecule has 2 aromatic rings. The summed E-state index contributed by atoms with van der Waals surface area (Å²) >= 11 is 0. The van der Waals surface area contributed by atoms with Gasteiger partial charge in [0.25, 0.3) is 8.32 Å². The van der Waals surface area contributed by atoms with Gasteiger partial charge in [-0.3, -0.25) is 4.90 Å². The Morgan fingerprint density at radius 2 is 1.48 bits per heavy atom. The molecule has 0 aromatic heterocycles. The summed E-state index contributed by atoms with van der Waals surface area (Å²) in [5.41, 5.74) is -0.581. The van der Waals surface area contributed by atoms with Crippen LogP contribution < -0.4 is 10.4 Å². The van der Waals surface area contributed by atoms with Gasteiger partial charge in [-0.2, -0.15) is 0 Å². The summed E-state index contributed by atoms with van der Waals surface area (Å²) in [4.78, 5) is 14.8. The van der Waals surface area contributed by atoms with E-state index in [0.717, 1.165) is 12.8 Å². The van der Waals surface area contributed by atoms with Crippen molar-refractivity contribution in [2.75, 3.05) is 6.61 Å². The van der Waals surface area contributed by atoms with Crippen LogP contribution in [-0.2, 0) is 9.16 Å². The number of terminal acetylenes is 1. The van der Waals surface area contributed by atoms with Crippen molar-refractivity contribution in [2.45, 2.75) is 77.1 Å². The van der Waals surface area contributed by atoms with Gasteiger partial charge in [0.15, 0.2) is 0 Å². The topological polar surface area (TPSA) is 38.8 Å². The summed E-state index contributed by atoms with van der Waals surface area (Å²) in [5, 5.41) is 2.31. The number of hydrogen-bond donors (Lipinski definition) is 0. The van der Waals surface area contributed by atoms with Crippen molar-refractivity contribution in [2.24, 2.45) is 0 Å². The van der Waals surface area contributed by atoms with E-state index < -0.39 is 13.9 Å². The van der Waals surface area contributed by atoms with E-state index in [0.29, 0.717) is 6.61 Å². The molecule has 0 spiro atoms. The van der Waals surface area contributed by atoms with Crippen LogP contribution in [0.4, 0.5) is 4.79 Å². The van der Waals surface area contributed by atoms with E-state index in [9.17, 15) is 4.79 Å². The molecule has 0 bridgehead atoms. The number of ether oxygens (including phenoxy) is 1. The maximum absolute atomic E-state index is 13.1. The Kier molecular flexibility index (Phi) is 7.41. The molecule has 0 aliphatic carbocycles. The van der Waals surface area contributed by atoms with E-state index in [1.807, 2.05) is 32.9 Å². The third-order valence-electron chi connectivity index (χ3n) is 6.21. The maximum atomic E-state index is 13.1. The molecule has 33 heavy (non-hydrogen) atoms. The highest BCUT2D eigenvalue weighted by Crippen LogP contribution is 2.38. The van der Waals surface area contributed by atoms with E-state index in [2.05, 4.69) is 75.2 Å². The molecule has 1 aliphatic heterocycles. The highest BCUT2D eigenvalue weighted by molar-refractivity contribution is 6.99. The van der Waals surface area contributed by atoms with Crippen molar-refractivity contribution in [1.82, 2.24) is 4.90 Å². The minimum Gasteiger partial charge on any atom is -0.444 e. The minimum atomic E-state index is -2.69. The minimum absolute atomic E-state index is 0.123. The molecular weight excluding hydrogens is 426 g/mol. The predicted octanol–water partition coefficient (Wildman–Crippen LogP) is 4.96. The third-order valence-corrected chi connectivity index (χ3v) is 11.2. The number of rotatable bonds is 5. The number of benzene rings is 2. The Bertz CT molecular complexity index is 931. The molecule has 1 unspecified atom stereocenters. The Labute approximate surface area is 200 Å². The van der Waals surface area contributed by atoms with Gasteiger partial charge in [-0.25, -0.2) is 4.79 Å². The van der Waals surface area contributed by atoms with Gasteiger partial charge in [0.05, 0.1) is 18.7 Å². The van der Waals surface area contributed by atoms with Crippen molar-refractivity contribution >= 4 is 24.8 Å². The fourth-order valence-corrected chi connectivity index (χ4v) is 9.38. The molecule has 3 rings (SSSR count). The van der Waals surface area contributed by atoms with Gasteiger partial charge < -0.3 is 9.16 Å². The van der Waals surface area contributed by atoms with E-state index >= 15 is 0 Å². The van der Waals surface area contributed by atoms with Crippen molar-refractivity contribution < 1.29 is 14.0 Å². The smallest absolute Gasteiger partial charge is 0.411 e. The zero-order valence-corrected chi connectivity index (χ0v) is 21.8. The van der Waals surface area contributed by atoms with Gasteiger partial charge in [-0.15, -0.1) is 6.42 Å². The summed E-state index contributed by atoms with van der Waals surface area (Å²) in [6.45, 7) is 12.8. The van der Waals surface area contributed by atoms with Crippen LogP contribution in [0.2, 0.25) is 5.04 Å². The van der Waals surface area contributed by atoms with Crippen LogP contribution in [0.5, 0.6) is 0 Å². The van der Waals surface area contributed by atoms with Crippen LogP contribution in [0.25, 0.3) is 0 Å². The number of hydrogen-bond acceptors (Lipinski definition) is 3. The number of nitrogens with zero attached hydrogens (tertiary/aromatic N) is 1. The van der Waals surface area contributed by atoms with Crippen LogP contribution in [0.15, 0.2) is 60.7 Å². The lowest BCUT2D eigenvalue weighted by Crippen LogP contribution is -2.67. The van der Waals surface area contributed by atoms with Gasteiger partial charge in [0.1, 0.15) is 5.60 Å². The summed E-state index contributed by atoms with van der Waals surface area (Å²) in [7, 11) is -2.69. The van der Waals surface area contributed by atoms with Crippen LogP contribution in [-0.4, -0.2) is 43.6 Å². The molecule has 1 heterocycles. The molecule has 1 fully saturated rings. The first kappa shape index (κ1) is 25.1. The first-order valence-electron chi connectivity index (χ1n) is 11.7. The second kappa shape index (κ2) is 9.75. The average molecular weight is 464 g/mol. The molecule has 4 nitrogen and oxygen atoms in total. The number of likely N-dealkylation sites (tertiary alicyclic amines) is 1. The van der Waals surface area contributed by atoms with Gasteiger partial charge in [0.2, 0.25) is 0 Å². The Hall–Kier alpha value is -2.55. The molecule has 5 heteroatoms. The lowest BCUT2D eigenvalue weighted by atomic mass is 10.2. The number of carbonyl (C=O) groups is 1. The maximum Gasteiger partial charge on any atom is 0.411 e. The third kappa shape index (κ3) is 5.34. The number of carbonyl (C=O) groups excluding carboxylic acids is 1. The van der Waals surface area contributed by atoms with E-state index in [1.54, 1.807) is 4.90 Å². The summed E-state index contributed by atoms with van der Waals surface area (Å²) < 4.78 is 12.8. The summed E-state index contributed by atoms with van der Waals surface area (Å²) in [6.07, 6.45) is 6.98. The standard InChI is InChI=1S/C28H37NO3Si/c1-8-22-19-20-23(29(22)26(30)32-27(2,3)4)21-31-33(28(5,6)7,24-15-11-9-12-16-24)25-17-13-10-14-18-25/h1,9-18,22-23H,19-21H2,2-7H3/t22?,23-/m0/s1. The molecular formula is C28H37NO3Si. The molecule has 0 N–H and O–H groups in total. The molecule has 1 amide bonds. The van der Waals surface area contributed by atoms with E-state index in [4.69, 9.17) is 15.6 Å². The summed E-state index contributed by atoms with van der Waals surface area (Å²) in [5.74, 6) is 2.78. The fourth-order valence-electron chi connectivity index (χ4n) is 4.78. The molecule has 0 radical (unpaired) electrons. The molecule has 1 saturated heterocycles. The largest absolute Gasteiger partial charge is 0.444 e. The Morgan fingerprint density at radius 3 is 1.91 bits per heavy atom. The zero-order valence-electron chi connectivity index (χ0n) is 20.8. The van der Waals surface area contributed by atoms with Gasteiger partial charge in [-0.1, -0.05) is 87.4 Å². The first-order chi connectivity index (χ1) is 15.5. The molecule has 176 valence electrons. The first-order valence-corrected chi connectivity index (χ1v) is 13.6. The van der Waals surface area contributed by atoms with Gasteiger partial charge >= 0.3 is 6.09 Å². The van der Waals surface area contributed by atoms with E-state index in [1.165, 1.54) is 10.4 Å². The normalized spacial score (nSPS) is 19.2. The van der Waals surface area contributed by atoms with Gasteiger partial charge in [-0.05, 0) is 49.0 Å². The van der Waals surface area contributed by atoms with Crippen LogP contribution in [0, 0.1) is 12.3 Å². The van der Waals surface area contributed by atoms with Gasteiger partial charge in [0, 0.05) is 0 Å². The molecule has 2 atom stereocenters. The molecule has 0 saturated carbocycles. The molecule has 2 aromatic carbocycles. The highest BCUT2D eigenvalue weighted by atomic mass is 28.4. The summed E-state index contributed by atoms with van der Waals surface area (Å²) in [6, 6.07) is 20.7. The average Bonchev–Trinajstić information content (AvgIpc) is 3.17. The van der Waals surface area contributed by atoms with Crippen LogP contribution in [0.1, 0.15) is 54.4 Å². The monoisotopic (exact) mass is 463 g/mol. The van der Waals surface area contributed by atoms with Crippen molar-refractivity contribution in [3.05, 3.63) is 60.7 Å². The Morgan fingerprint density at radius 1 is 0.970 bits per heavy atom. The number of amides is 1. The Balaban J connectivity index is 1.99. The van der Waals surface area contributed by atoms with Crippen molar-refractivity contribution in [3.8, 4) is 12.3 Å². The zero-order chi connectivity index (χ0) is 24.3. The second-order valence-electron chi connectivity index (χ2n) is 10.8.